The molecule has 2 heterocycles. The predicted molar refractivity (Wildman–Crippen MR) is 189 cm³/mol. The van der Waals surface area contributed by atoms with E-state index in [0.717, 1.165) is 22.3 Å². The Morgan fingerprint density at radius 2 is 1.69 bits per heavy atom. The highest BCUT2D eigenvalue weighted by Gasteiger charge is 2.59. The lowest BCUT2D eigenvalue weighted by molar-refractivity contribution is -0.173. The maximum atomic E-state index is 14.6. The van der Waals surface area contributed by atoms with Crippen LogP contribution < -0.4 is 0 Å². The number of allylic oxidation sites excluding steroid dienone is 7. The van der Waals surface area contributed by atoms with Crippen LogP contribution in [0.5, 0.6) is 0 Å². The summed E-state index contributed by atoms with van der Waals surface area (Å²) in [5.41, 5.74) is 1.73. The molecule has 0 amide bonds. The van der Waals surface area contributed by atoms with E-state index in [4.69, 9.17) is 9.47 Å². The predicted octanol–water partition coefficient (Wildman–Crippen LogP) is 6.89. The van der Waals surface area contributed by atoms with E-state index in [0.29, 0.717) is 43.3 Å². The summed E-state index contributed by atoms with van der Waals surface area (Å²) in [4.78, 5) is 57.1. The smallest absolute Gasteiger partial charge is 0.313 e. The number of aliphatic hydroxyl groups excluding tert-OH is 1. The Morgan fingerprint density at radius 1 is 1.00 bits per heavy atom. The molecule has 0 saturated heterocycles. The molecule has 2 N–H and O–H groups in total. The SMILES string of the molecule is COC(=O)[C@@]12CC(=O)[C@H](C(C)C)CC(=O)/C(C)=C/CC/C(C)=C/C(=O)[C@@H]1CC(C)=C1C[C@@H](O)[C@@](C)(O)[C@@H]3CC=C(C)[C@@H](CC/C(C)=C/[C@H]12)O3. The van der Waals surface area contributed by atoms with E-state index in [9.17, 15) is 29.4 Å². The van der Waals surface area contributed by atoms with Crippen LogP contribution in [-0.2, 0) is 28.7 Å². The summed E-state index contributed by atoms with van der Waals surface area (Å²) >= 11 is 0. The molecule has 0 saturated carbocycles. The first-order chi connectivity index (χ1) is 22.9. The summed E-state index contributed by atoms with van der Waals surface area (Å²) in [6.07, 6.45) is 8.15. The van der Waals surface area contributed by atoms with Crippen molar-refractivity contribution >= 4 is 23.3 Å². The number of aliphatic hydroxyl groups is 2. The average Bonchev–Trinajstić information content (AvgIpc) is 3.03. The lowest BCUT2D eigenvalue weighted by Gasteiger charge is -2.49. The zero-order valence-corrected chi connectivity index (χ0v) is 31.1. The molecule has 0 radical (unpaired) electrons. The van der Waals surface area contributed by atoms with Gasteiger partial charge in [0, 0.05) is 30.6 Å². The van der Waals surface area contributed by atoms with Gasteiger partial charge < -0.3 is 19.7 Å². The van der Waals surface area contributed by atoms with E-state index in [2.05, 4.69) is 6.08 Å². The third-order valence-electron chi connectivity index (χ3n) is 11.9. The zero-order chi connectivity index (χ0) is 36.4. The van der Waals surface area contributed by atoms with Crippen molar-refractivity contribution in [1.29, 1.82) is 0 Å². The molecule has 4 aliphatic rings. The van der Waals surface area contributed by atoms with E-state index in [-0.39, 0.29) is 55.1 Å². The second-order valence-electron chi connectivity index (χ2n) is 15.8. The lowest BCUT2D eigenvalue weighted by Crippen LogP contribution is -2.55. The minimum atomic E-state index is -1.64. The van der Waals surface area contributed by atoms with E-state index in [1.54, 1.807) is 19.9 Å². The maximum absolute atomic E-state index is 14.6. The molecule has 49 heavy (non-hydrogen) atoms. The van der Waals surface area contributed by atoms with Gasteiger partial charge >= 0.3 is 5.97 Å². The van der Waals surface area contributed by atoms with E-state index >= 15 is 0 Å². The third kappa shape index (κ3) is 8.02. The number of hydrogen-bond donors (Lipinski definition) is 2. The fourth-order valence-electron chi connectivity index (χ4n) is 8.44. The van der Waals surface area contributed by atoms with Gasteiger partial charge in [-0.2, -0.15) is 0 Å². The van der Waals surface area contributed by atoms with Gasteiger partial charge in [0.1, 0.15) is 11.4 Å². The molecule has 0 aromatic rings. The van der Waals surface area contributed by atoms with Crippen LogP contribution in [0, 0.1) is 29.1 Å². The molecule has 2 aliphatic heterocycles. The highest BCUT2D eigenvalue weighted by Crippen LogP contribution is 2.55. The number of carbonyl (C=O) groups is 4. The van der Waals surface area contributed by atoms with Gasteiger partial charge in [0.2, 0.25) is 0 Å². The molecule has 2 aliphatic carbocycles. The Bertz CT molecular complexity index is 1490. The molecule has 2 bridgehead atoms. The molecule has 0 fully saturated rings. The second kappa shape index (κ2) is 15.5. The summed E-state index contributed by atoms with van der Waals surface area (Å²) in [6.45, 7) is 15.0. The number of fused-ring (bicyclic) bond motifs is 5. The second-order valence-corrected chi connectivity index (χ2v) is 15.8. The standard InChI is InChI=1S/C41H58O8/c1-23(2)29-20-33(42)26(5)12-10-11-24(3)18-34(43)32-19-28(7)30-21-37(45)40(8,47)38-16-14-27(6)36(49-38)15-13-25(4)17-31(30)41(32,22-35(29)44)39(46)48-9/h12,14,17-18,23,29,31-32,36-38,45,47H,10-11,13,15-16,19-22H2,1-9H3/b24-18+,25-17+,26-12+/t29-,31+,32-,36+,37+,38-,40+,41+/m0/s1. The van der Waals surface area contributed by atoms with Crippen molar-refractivity contribution in [3.8, 4) is 0 Å². The molecule has 8 nitrogen and oxygen atoms in total. The van der Waals surface area contributed by atoms with Gasteiger partial charge in [-0.3, -0.25) is 19.2 Å². The first kappa shape index (κ1) is 38.9. The van der Waals surface area contributed by atoms with Crippen LogP contribution in [0.1, 0.15) is 113 Å². The fraction of sp³-hybridized carbons (Fsp3) is 0.659. The number of ketones is 3. The third-order valence-corrected chi connectivity index (χ3v) is 11.9. The van der Waals surface area contributed by atoms with Crippen molar-refractivity contribution in [2.45, 2.75) is 137 Å². The van der Waals surface area contributed by atoms with Gasteiger partial charge in [0.25, 0.3) is 0 Å². The molecular weight excluding hydrogens is 620 g/mol. The van der Waals surface area contributed by atoms with Gasteiger partial charge in [0.05, 0.1) is 30.8 Å². The largest absolute Gasteiger partial charge is 0.469 e. The molecule has 4 rings (SSSR count). The van der Waals surface area contributed by atoms with E-state index in [1.165, 1.54) is 7.11 Å². The Balaban J connectivity index is 2.00. The molecule has 0 spiro atoms. The quantitative estimate of drug-likeness (QED) is 0.239. The van der Waals surface area contributed by atoms with Gasteiger partial charge in [-0.15, -0.1) is 0 Å². The van der Waals surface area contributed by atoms with Gasteiger partial charge in [-0.1, -0.05) is 54.4 Å². The van der Waals surface area contributed by atoms with Crippen LogP contribution >= 0.6 is 0 Å². The summed E-state index contributed by atoms with van der Waals surface area (Å²) in [6, 6.07) is 0. The van der Waals surface area contributed by atoms with Crippen molar-refractivity contribution < 1.29 is 38.9 Å². The van der Waals surface area contributed by atoms with Crippen molar-refractivity contribution in [1.82, 2.24) is 0 Å². The van der Waals surface area contributed by atoms with Crippen LogP contribution in [-0.4, -0.2) is 64.6 Å². The monoisotopic (exact) mass is 678 g/mol. The number of Topliss-reactive ketones (excluding diaryl/α,β-unsaturated/α-hetero) is 2. The van der Waals surface area contributed by atoms with Gasteiger partial charge in [-0.05, 0) is 110 Å². The summed E-state index contributed by atoms with van der Waals surface area (Å²) in [7, 11) is 1.29. The minimum absolute atomic E-state index is 0.0132. The number of hydrogen-bond acceptors (Lipinski definition) is 8. The van der Waals surface area contributed by atoms with E-state index in [1.807, 2.05) is 53.7 Å². The number of esters is 1. The first-order valence-electron chi connectivity index (χ1n) is 18.0. The highest BCUT2D eigenvalue weighted by atomic mass is 16.5. The molecule has 0 aromatic heterocycles. The number of ether oxygens (including phenoxy) is 2. The van der Waals surface area contributed by atoms with E-state index < -0.39 is 46.9 Å². The first-order valence-corrected chi connectivity index (χ1v) is 18.0. The maximum Gasteiger partial charge on any atom is 0.313 e. The number of rotatable bonds is 2. The molecule has 8 heteroatoms. The van der Waals surface area contributed by atoms with Crippen molar-refractivity contribution in [3.05, 3.63) is 57.7 Å². The Kier molecular flexibility index (Phi) is 12.3. The molecule has 8 atom stereocenters. The van der Waals surface area contributed by atoms with Gasteiger partial charge in [0.15, 0.2) is 11.6 Å². The topological polar surface area (TPSA) is 127 Å². The highest BCUT2D eigenvalue weighted by molar-refractivity contribution is 6.02. The van der Waals surface area contributed by atoms with Crippen molar-refractivity contribution in [3.63, 3.8) is 0 Å². The normalized spacial score (nSPS) is 39.0. The van der Waals surface area contributed by atoms with Crippen LogP contribution in [0.15, 0.2) is 57.7 Å². The summed E-state index contributed by atoms with van der Waals surface area (Å²) in [5, 5.41) is 23.6. The zero-order valence-electron chi connectivity index (χ0n) is 31.1. The summed E-state index contributed by atoms with van der Waals surface area (Å²) < 4.78 is 12.0. The van der Waals surface area contributed by atoms with Crippen molar-refractivity contribution in [2.75, 3.05) is 7.11 Å². The summed E-state index contributed by atoms with van der Waals surface area (Å²) in [5.74, 6) is -3.81. The average molecular weight is 679 g/mol. The molecular formula is C41H58O8. The number of carbonyl (C=O) groups excluding carboxylic acids is 4. The Hall–Kier alpha value is -2.94. The van der Waals surface area contributed by atoms with Crippen molar-refractivity contribution in [2.24, 2.45) is 29.1 Å². The molecule has 270 valence electrons. The van der Waals surface area contributed by atoms with Crippen LogP contribution in [0.4, 0.5) is 0 Å². The molecule has 0 aromatic carbocycles. The fourth-order valence-corrected chi connectivity index (χ4v) is 8.44. The van der Waals surface area contributed by atoms with Crippen LogP contribution in [0.3, 0.4) is 0 Å². The Labute approximate surface area is 292 Å². The minimum Gasteiger partial charge on any atom is -0.469 e. The molecule has 0 unspecified atom stereocenters. The van der Waals surface area contributed by atoms with Crippen LogP contribution in [0.25, 0.3) is 0 Å². The number of methoxy groups -OCH3 is 1. The van der Waals surface area contributed by atoms with Crippen LogP contribution in [0.2, 0.25) is 0 Å². The lowest BCUT2D eigenvalue weighted by atomic mass is 9.53. The van der Waals surface area contributed by atoms with Gasteiger partial charge in [-0.25, -0.2) is 0 Å². The Morgan fingerprint density at radius 3 is 2.35 bits per heavy atom.